The van der Waals surface area contributed by atoms with Crippen molar-refractivity contribution in [2.75, 3.05) is 0 Å². The van der Waals surface area contributed by atoms with E-state index in [2.05, 4.69) is 4.98 Å². The fourth-order valence-electron chi connectivity index (χ4n) is 1.66. The van der Waals surface area contributed by atoms with Crippen LogP contribution in [0.2, 0.25) is 0 Å². The maximum atomic E-state index is 13.9. The number of aliphatic carboxylic acids is 1. The molecule has 90 valence electrons. The molecule has 0 spiro atoms. The molecule has 0 aliphatic heterocycles. The minimum absolute atomic E-state index is 0.373. The Labute approximate surface area is 103 Å². The maximum absolute atomic E-state index is 13.9. The average molecular weight is 243 g/mol. The van der Waals surface area contributed by atoms with E-state index < -0.39 is 11.8 Å². The van der Waals surface area contributed by atoms with E-state index >= 15 is 0 Å². The van der Waals surface area contributed by atoms with Crippen LogP contribution in [-0.2, 0) is 4.79 Å². The van der Waals surface area contributed by atoms with E-state index in [1.165, 1.54) is 12.1 Å². The molecule has 1 N–H and O–H groups in total. The van der Waals surface area contributed by atoms with Gasteiger partial charge in [-0.1, -0.05) is 12.1 Å². The number of carboxylic acid groups (broad SMARTS) is 1. The second-order valence-electron chi connectivity index (χ2n) is 3.61. The highest BCUT2D eigenvalue weighted by Crippen LogP contribution is 2.27. The molecule has 2 aromatic rings. The fourth-order valence-corrected chi connectivity index (χ4v) is 1.66. The van der Waals surface area contributed by atoms with Crippen molar-refractivity contribution < 1.29 is 14.3 Å². The van der Waals surface area contributed by atoms with Crippen LogP contribution in [0.4, 0.5) is 4.39 Å². The number of carboxylic acids is 1. The zero-order valence-corrected chi connectivity index (χ0v) is 9.38. The number of carbonyl (C=O) groups is 1. The summed E-state index contributed by atoms with van der Waals surface area (Å²) in [5.74, 6) is -1.46. The van der Waals surface area contributed by atoms with Gasteiger partial charge in [0.05, 0.1) is 0 Å². The molecule has 0 aliphatic carbocycles. The van der Waals surface area contributed by atoms with Gasteiger partial charge in [0.15, 0.2) is 0 Å². The standard InChI is InChI=1S/C14H10FNO2/c15-12-3-1-2-10(4-5-13(17)18)14(12)11-6-8-16-9-7-11/h1-9H,(H,17,18)/b5-4+. The van der Waals surface area contributed by atoms with Crippen molar-refractivity contribution in [1.29, 1.82) is 0 Å². The van der Waals surface area contributed by atoms with Crippen molar-refractivity contribution in [2.45, 2.75) is 0 Å². The van der Waals surface area contributed by atoms with Crippen molar-refractivity contribution in [3.05, 3.63) is 60.2 Å². The third-order valence-corrected chi connectivity index (χ3v) is 2.42. The average Bonchev–Trinajstić information content (AvgIpc) is 2.37. The predicted molar refractivity (Wildman–Crippen MR) is 66.3 cm³/mol. The van der Waals surface area contributed by atoms with Crippen molar-refractivity contribution >= 4 is 12.0 Å². The van der Waals surface area contributed by atoms with Gasteiger partial charge in [0.2, 0.25) is 0 Å². The van der Waals surface area contributed by atoms with Gasteiger partial charge in [-0.2, -0.15) is 0 Å². The lowest BCUT2D eigenvalue weighted by Gasteiger charge is -2.07. The van der Waals surface area contributed by atoms with Crippen molar-refractivity contribution in [1.82, 2.24) is 4.98 Å². The first-order chi connectivity index (χ1) is 8.68. The summed E-state index contributed by atoms with van der Waals surface area (Å²) in [6.07, 6.45) is 5.49. The van der Waals surface area contributed by atoms with Crippen LogP contribution in [-0.4, -0.2) is 16.1 Å². The monoisotopic (exact) mass is 243 g/mol. The van der Waals surface area contributed by atoms with Crippen LogP contribution in [0.15, 0.2) is 48.8 Å². The second-order valence-corrected chi connectivity index (χ2v) is 3.61. The van der Waals surface area contributed by atoms with E-state index in [0.29, 0.717) is 16.7 Å². The molecule has 3 nitrogen and oxygen atoms in total. The van der Waals surface area contributed by atoms with E-state index in [-0.39, 0.29) is 0 Å². The Kier molecular flexibility index (Phi) is 3.48. The van der Waals surface area contributed by atoms with Crippen LogP contribution in [0.5, 0.6) is 0 Å². The highest BCUT2D eigenvalue weighted by molar-refractivity contribution is 5.87. The molecule has 0 unspecified atom stereocenters. The summed E-state index contributed by atoms with van der Waals surface area (Å²) < 4.78 is 13.9. The van der Waals surface area contributed by atoms with Gasteiger partial charge in [0.25, 0.3) is 0 Å². The third-order valence-electron chi connectivity index (χ3n) is 2.42. The Morgan fingerprint density at radius 3 is 2.61 bits per heavy atom. The van der Waals surface area contributed by atoms with Gasteiger partial charge >= 0.3 is 5.97 Å². The zero-order valence-electron chi connectivity index (χ0n) is 9.38. The van der Waals surface area contributed by atoms with Gasteiger partial charge in [-0.05, 0) is 35.4 Å². The highest BCUT2D eigenvalue weighted by atomic mass is 19.1. The summed E-state index contributed by atoms with van der Waals surface area (Å²) in [5.41, 5.74) is 1.55. The number of halogens is 1. The van der Waals surface area contributed by atoms with Crippen LogP contribution in [0.3, 0.4) is 0 Å². The topological polar surface area (TPSA) is 50.2 Å². The van der Waals surface area contributed by atoms with Gasteiger partial charge in [-0.15, -0.1) is 0 Å². The van der Waals surface area contributed by atoms with Crippen molar-refractivity contribution in [2.24, 2.45) is 0 Å². The van der Waals surface area contributed by atoms with Gasteiger partial charge in [-0.25, -0.2) is 9.18 Å². The molecule has 1 aromatic carbocycles. The van der Waals surface area contributed by atoms with E-state index in [4.69, 9.17) is 5.11 Å². The lowest BCUT2D eigenvalue weighted by atomic mass is 9.99. The Hall–Kier alpha value is -2.49. The molecule has 2 rings (SSSR count). The lowest BCUT2D eigenvalue weighted by molar-refractivity contribution is -0.131. The molecular formula is C14H10FNO2. The Morgan fingerprint density at radius 2 is 1.94 bits per heavy atom. The first kappa shape index (κ1) is 12.0. The van der Waals surface area contributed by atoms with Crippen molar-refractivity contribution in [3.8, 4) is 11.1 Å². The van der Waals surface area contributed by atoms with E-state index in [0.717, 1.165) is 6.08 Å². The highest BCUT2D eigenvalue weighted by Gasteiger charge is 2.08. The molecule has 4 heteroatoms. The number of pyridine rings is 1. The minimum Gasteiger partial charge on any atom is -0.478 e. The van der Waals surface area contributed by atoms with Gasteiger partial charge in [0, 0.05) is 24.0 Å². The summed E-state index contributed by atoms with van der Waals surface area (Å²) >= 11 is 0. The van der Waals surface area contributed by atoms with Gasteiger partial charge in [-0.3, -0.25) is 4.98 Å². The summed E-state index contributed by atoms with van der Waals surface area (Å²) in [4.78, 5) is 14.4. The quantitative estimate of drug-likeness (QED) is 0.843. The first-order valence-corrected chi connectivity index (χ1v) is 5.28. The third kappa shape index (κ3) is 2.60. The zero-order chi connectivity index (χ0) is 13.0. The molecule has 1 heterocycles. The summed E-state index contributed by atoms with van der Waals surface area (Å²) in [6, 6.07) is 7.90. The first-order valence-electron chi connectivity index (χ1n) is 5.28. The van der Waals surface area contributed by atoms with Crippen LogP contribution < -0.4 is 0 Å². The molecule has 0 bridgehead atoms. The molecule has 0 atom stereocenters. The van der Waals surface area contributed by atoms with E-state index in [1.807, 2.05) is 0 Å². The molecule has 0 saturated carbocycles. The molecule has 18 heavy (non-hydrogen) atoms. The fraction of sp³-hybridized carbons (Fsp3) is 0. The molecule has 0 amide bonds. The Balaban J connectivity index is 2.55. The molecule has 0 aliphatic rings. The van der Waals surface area contributed by atoms with Gasteiger partial charge in [0.1, 0.15) is 5.82 Å². The van der Waals surface area contributed by atoms with Crippen molar-refractivity contribution in [3.63, 3.8) is 0 Å². The van der Waals surface area contributed by atoms with Gasteiger partial charge < -0.3 is 5.11 Å². The second kappa shape index (κ2) is 5.23. The van der Waals surface area contributed by atoms with Crippen LogP contribution in [0, 0.1) is 5.82 Å². The van der Waals surface area contributed by atoms with E-state index in [9.17, 15) is 9.18 Å². The number of rotatable bonds is 3. The Morgan fingerprint density at radius 1 is 1.22 bits per heavy atom. The lowest BCUT2D eigenvalue weighted by Crippen LogP contribution is -1.91. The predicted octanol–water partition coefficient (Wildman–Crippen LogP) is 2.99. The molecule has 0 saturated heterocycles. The summed E-state index contributed by atoms with van der Waals surface area (Å²) in [5, 5.41) is 8.62. The number of hydrogen-bond donors (Lipinski definition) is 1. The van der Waals surface area contributed by atoms with Crippen LogP contribution >= 0.6 is 0 Å². The van der Waals surface area contributed by atoms with E-state index in [1.54, 1.807) is 36.7 Å². The van der Waals surface area contributed by atoms with Crippen LogP contribution in [0.1, 0.15) is 5.56 Å². The normalized spacial score (nSPS) is 10.7. The van der Waals surface area contributed by atoms with Crippen LogP contribution in [0.25, 0.3) is 17.2 Å². The number of benzene rings is 1. The number of aromatic nitrogens is 1. The molecule has 0 radical (unpaired) electrons. The smallest absolute Gasteiger partial charge is 0.328 e. The largest absolute Gasteiger partial charge is 0.478 e. The Bertz CT molecular complexity index is 594. The minimum atomic E-state index is -1.07. The molecular weight excluding hydrogens is 233 g/mol. The molecule has 1 aromatic heterocycles. The summed E-state index contributed by atoms with van der Waals surface area (Å²) in [7, 11) is 0. The number of nitrogens with zero attached hydrogens (tertiary/aromatic N) is 1. The summed E-state index contributed by atoms with van der Waals surface area (Å²) in [6.45, 7) is 0. The number of hydrogen-bond acceptors (Lipinski definition) is 2. The molecule has 0 fully saturated rings. The maximum Gasteiger partial charge on any atom is 0.328 e. The SMILES string of the molecule is O=C(O)/C=C/c1cccc(F)c1-c1ccncc1.